The van der Waals surface area contributed by atoms with E-state index in [9.17, 15) is 4.79 Å². The van der Waals surface area contributed by atoms with Crippen LogP contribution in [0.15, 0.2) is 18.3 Å². The van der Waals surface area contributed by atoms with Crippen molar-refractivity contribution in [1.82, 2.24) is 29.1 Å². The van der Waals surface area contributed by atoms with Crippen LogP contribution in [0.4, 0.5) is 0 Å². The number of carbonyl (C=O) groups excluding carboxylic acids is 1. The fourth-order valence-corrected chi connectivity index (χ4v) is 4.40. The van der Waals surface area contributed by atoms with Gasteiger partial charge in [0.15, 0.2) is 0 Å². The van der Waals surface area contributed by atoms with Gasteiger partial charge in [0, 0.05) is 39.3 Å². The van der Waals surface area contributed by atoms with E-state index in [1.54, 1.807) is 0 Å². The number of hydrogen-bond acceptors (Lipinski definition) is 4. The summed E-state index contributed by atoms with van der Waals surface area (Å²) in [5.74, 6) is 2.43. The average Bonchev–Trinajstić information content (AvgIpc) is 3.28. The van der Waals surface area contributed by atoms with Crippen LogP contribution in [-0.2, 0) is 20.6 Å². The average molecular weight is 371 g/mol. The number of amides is 1. The first-order chi connectivity index (χ1) is 13.1. The Morgan fingerprint density at radius 3 is 2.67 bits per heavy atom. The summed E-state index contributed by atoms with van der Waals surface area (Å²) in [5.41, 5.74) is 0.749. The maximum atomic E-state index is 12.9. The van der Waals surface area contributed by atoms with Gasteiger partial charge in [-0.3, -0.25) is 9.69 Å². The molecule has 7 nitrogen and oxygen atoms in total. The van der Waals surface area contributed by atoms with Gasteiger partial charge in [-0.15, -0.1) is 10.2 Å². The van der Waals surface area contributed by atoms with Crippen molar-refractivity contribution >= 4 is 5.91 Å². The molecule has 0 aromatic carbocycles. The Kier molecular flexibility index (Phi) is 5.29. The lowest BCUT2D eigenvalue weighted by atomic mass is 9.97. The van der Waals surface area contributed by atoms with Gasteiger partial charge in [0.1, 0.15) is 17.3 Å². The number of rotatable bonds is 4. The van der Waals surface area contributed by atoms with Gasteiger partial charge >= 0.3 is 0 Å². The van der Waals surface area contributed by atoms with E-state index in [0.29, 0.717) is 0 Å². The van der Waals surface area contributed by atoms with Crippen LogP contribution in [-0.4, -0.2) is 61.2 Å². The van der Waals surface area contributed by atoms with Gasteiger partial charge in [-0.05, 0) is 50.9 Å². The van der Waals surface area contributed by atoms with Crippen molar-refractivity contribution in [3.8, 4) is 0 Å². The van der Waals surface area contributed by atoms with Crippen molar-refractivity contribution in [3.05, 3.63) is 35.7 Å². The van der Waals surface area contributed by atoms with E-state index < -0.39 is 0 Å². The lowest BCUT2D eigenvalue weighted by Crippen LogP contribution is -2.40. The summed E-state index contributed by atoms with van der Waals surface area (Å²) < 4.78 is 4.06. The standard InChI is InChI=1S/C20H30N6O/c1-23-10-7-9-17(23)20(27)26-13-6-8-16(14-26)19-22-21-18(24(19)2)15-25-11-4-3-5-12-25/h7,9-10,16H,3-6,8,11-15H2,1-2H3/t16-/m1/s1. The second kappa shape index (κ2) is 7.84. The Balaban J connectivity index is 1.45. The van der Waals surface area contributed by atoms with Crippen LogP contribution in [0.1, 0.15) is 60.2 Å². The summed E-state index contributed by atoms with van der Waals surface area (Å²) in [7, 11) is 4.00. The van der Waals surface area contributed by atoms with E-state index in [0.717, 1.165) is 62.9 Å². The molecular formula is C20H30N6O. The van der Waals surface area contributed by atoms with Crippen molar-refractivity contribution < 1.29 is 4.79 Å². The fourth-order valence-electron chi connectivity index (χ4n) is 4.40. The first-order valence-electron chi connectivity index (χ1n) is 10.1. The highest BCUT2D eigenvalue weighted by molar-refractivity contribution is 5.92. The third kappa shape index (κ3) is 3.78. The molecule has 0 bridgehead atoms. The molecule has 2 aliphatic heterocycles. The van der Waals surface area contributed by atoms with Gasteiger partial charge < -0.3 is 14.0 Å². The summed E-state index contributed by atoms with van der Waals surface area (Å²) in [6, 6.07) is 3.81. The van der Waals surface area contributed by atoms with Gasteiger partial charge in [0.25, 0.3) is 5.91 Å². The summed E-state index contributed by atoms with van der Waals surface area (Å²) in [6.45, 7) is 4.73. The number of hydrogen-bond donors (Lipinski definition) is 0. The molecule has 0 radical (unpaired) electrons. The van der Waals surface area contributed by atoms with Crippen LogP contribution in [0.3, 0.4) is 0 Å². The Bertz CT molecular complexity index is 788. The molecule has 2 aromatic rings. The maximum absolute atomic E-state index is 12.9. The molecule has 4 heterocycles. The minimum Gasteiger partial charge on any atom is -0.347 e. The first-order valence-corrected chi connectivity index (χ1v) is 10.1. The minimum atomic E-state index is 0.114. The maximum Gasteiger partial charge on any atom is 0.270 e. The van der Waals surface area contributed by atoms with Crippen LogP contribution < -0.4 is 0 Å². The van der Waals surface area contributed by atoms with Gasteiger partial charge in [0.05, 0.1) is 6.54 Å². The van der Waals surface area contributed by atoms with Crippen LogP contribution in [0, 0.1) is 0 Å². The number of aromatic nitrogens is 4. The van der Waals surface area contributed by atoms with Crippen LogP contribution in [0.25, 0.3) is 0 Å². The van der Waals surface area contributed by atoms with Crippen molar-refractivity contribution in [2.24, 2.45) is 14.1 Å². The van der Waals surface area contributed by atoms with Gasteiger partial charge in [-0.1, -0.05) is 6.42 Å². The number of piperidine rings is 2. The molecule has 7 heteroatoms. The molecule has 146 valence electrons. The number of nitrogens with zero attached hydrogens (tertiary/aromatic N) is 6. The molecular weight excluding hydrogens is 340 g/mol. The smallest absolute Gasteiger partial charge is 0.270 e. The fraction of sp³-hybridized carbons (Fsp3) is 0.650. The lowest BCUT2D eigenvalue weighted by Gasteiger charge is -2.32. The molecule has 2 fully saturated rings. The predicted molar refractivity (Wildman–Crippen MR) is 103 cm³/mol. The van der Waals surface area contributed by atoms with Gasteiger partial charge in [0.2, 0.25) is 0 Å². The molecule has 1 atom stereocenters. The molecule has 27 heavy (non-hydrogen) atoms. The van der Waals surface area contributed by atoms with Gasteiger partial charge in [-0.25, -0.2) is 0 Å². The van der Waals surface area contributed by atoms with Crippen molar-refractivity contribution in [2.45, 2.75) is 44.6 Å². The zero-order valence-electron chi connectivity index (χ0n) is 16.5. The second-order valence-electron chi connectivity index (χ2n) is 7.96. The van der Waals surface area contributed by atoms with Crippen LogP contribution >= 0.6 is 0 Å². The normalized spacial score (nSPS) is 21.6. The molecule has 2 aromatic heterocycles. The third-order valence-electron chi connectivity index (χ3n) is 6.05. The van der Waals surface area contributed by atoms with Gasteiger partial charge in [-0.2, -0.15) is 0 Å². The van der Waals surface area contributed by atoms with E-state index >= 15 is 0 Å². The number of likely N-dealkylation sites (tertiary alicyclic amines) is 2. The second-order valence-corrected chi connectivity index (χ2v) is 7.96. The van der Waals surface area contributed by atoms with Crippen molar-refractivity contribution in [3.63, 3.8) is 0 Å². The Morgan fingerprint density at radius 2 is 1.93 bits per heavy atom. The molecule has 0 unspecified atom stereocenters. The summed E-state index contributed by atoms with van der Waals surface area (Å²) >= 11 is 0. The highest BCUT2D eigenvalue weighted by Crippen LogP contribution is 2.27. The molecule has 0 spiro atoms. The third-order valence-corrected chi connectivity index (χ3v) is 6.05. The monoisotopic (exact) mass is 370 g/mol. The van der Waals surface area contributed by atoms with E-state index in [4.69, 9.17) is 0 Å². The number of aryl methyl sites for hydroxylation is 1. The highest BCUT2D eigenvalue weighted by atomic mass is 16.2. The largest absolute Gasteiger partial charge is 0.347 e. The first kappa shape index (κ1) is 18.2. The molecule has 2 saturated heterocycles. The van der Waals surface area contributed by atoms with Crippen molar-refractivity contribution in [1.29, 1.82) is 0 Å². The zero-order chi connectivity index (χ0) is 18.8. The summed E-state index contributed by atoms with van der Waals surface area (Å²) in [4.78, 5) is 17.3. The summed E-state index contributed by atoms with van der Waals surface area (Å²) in [6.07, 6.45) is 7.90. The van der Waals surface area contributed by atoms with E-state index in [2.05, 4.69) is 26.7 Å². The Morgan fingerprint density at radius 1 is 1.11 bits per heavy atom. The zero-order valence-corrected chi connectivity index (χ0v) is 16.5. The molecule has 1 amide bonds. The topological polar surface area (TPSA) is 59.2 Å². The quantitative estimate of drug-likeness (QED) is 0.828. The molecule has 0 aliphatic carbocycles. The summed E-state index contributed by atoms with van der Waals surface area (Å²) in [5, 5.41) is 9.00. The van der Waals surface area contributed by atoms with E-state index in [-0.39, 0.29) is 11.8 Å². The van der Waals surface area contributed by atoms with E-state index in [1.165, 1.54) is 19.3 Å². The van der Waals surface area contributed by atoms with Crippen molar-refractivity contribution in [2.75, 3.05) is 26.2 Å². The van der Waals surface area contributed by atoms with E-state index in [1.807, 2.05) is 34.8 Å². The molecule has 0 N–H and O–H groups in total. The molecule has 0 saturated carbocycles. The predicted octanol–water partition coefficient (Wildman–Crippen LogP) is 2.16. The lowest BCUT2D eigenvalue weighted by molar-refractivity contribution is 0.0693. The minimum absolute atomic E-state index is 0.114. The van der Waals surface area contributed by atoms with Crippen LogP contribution in [0.2, 0.25) is 0 Å². The molecule has 2 aliphatic rings. The molecule has 4 rings (SSSR count). The Labute approximate surface area is 161 Å². The van der Waals surface area contributed by atoms with Crippen LogP contribution in [0.5, 0.6) is 0 Å². The number of carbonyl (C=O) groups is 1. The SMILES string of the molecule is Cn1cccc1C(=O)N1CCC[C@@H](c2nnc(CN3CCCCC3)n2C)C1. The Hall–Kier alpha value is -2.15. The highest BCUT2D eigenvalue weighted by Gasteiger charge is 2.29.